The summed E-state index contributed by atoms with van der Waals surface area (Å²) in [5.74, 6) is -1.57. The van der Waals surface area contributed by atoms with Crippen molar-refractivity contribution >= 4 is 23.8 Å². The van der Waals surface area contributed by atoms with Crippen molar-refractivity contribution in [2.24, 2.45) is 5.92 Å². The molecule has 2 fully saturated rings. The van der Waals surface area contributed by atoms with E-state index in [1.807, 2.05) is 0 Å². The van der Waals surface area contributed by atoms with E-state index in [4.69, 9.17) is 9.84 Å². The smallest absolute Gasteiger partial charge is 0.315 e. The number of aliphatic carboxylic acids is 1. The van der Waals surface area contributed by atoms with E-state index in [1.165, 1.54) is 6.42 Å². The molecule has 0 aromatic carbocycles. The fourth-order valence-electron chi connectivity index (χ4n) is 2.86. The molecule has 0 spiro atoms. The molecule has 20 heavy (non-hydrogen) atoms. The predicted molar refractivity (Wildman–Crippen MR) is 77.0 cm³/mol. The minimum atomic E-state index is -0.924. The van der Waals surface area contributed by atoms with Crippen LogP contribution < -0.4 is 10.6 Å². The summed E-state index contributed by atoms with van der Waals surface area (Å²) in [6.07, 6.45) is 6.52. The van der Waals surface area contributed by atoms with Crippen molar-refractivity contribution < 1.29 is 19.4 Å². The minimum Gasteiger partial charge on any atom is -0.481 e. The van der Waals surface area contributed by atoms with Gasteiger partial charge in [0.1, 0.15) is 5.92 Å². The van der Waals surface area contributed by atoms with Crippen LogP contribution in [0.3, 0.4) is 0 Å². The lowest BCUT2D eigenvalue weighted by Crippen LogP contribution is -2.52. The number of carbonyl (C=O) groups excluding carboxylic acids is 1. The molecule has 0 aromatic heterocycles. The molecule has 6 nitrogen and oxygen atoms in total. The summed E-state index contributed by atoms with van der Waals surface area (Å²) in [6.45, 7) is 0.429. The van der Waals surface area contributed by atoms with Crippen LogP contribution in [0.25, 0.3) is 0 Å². The number of carbonyl (C=O) groups is 2. The van der Waals surface area contributed by atoms with Gasteiger partial charge in [-0.05, 0) is 19.1 Å². The summed E-state index contributed by atoms with van der Waals surface area (Å²) in [6, 6.07) is -0.550. The van der Waals surface area contributed by atoms with Gasteiger partial charge in [-0.15, -0.1) is 0 Å². The minimum absolute atomic E-state index is 0.164. The fraction of sp³-hybridized carbons (Fsp3) is 0.846. The average molecular weight is 302 g/mol. The lowest BCUT2D eigenvalue weighted by molar-refractivity contribution is -0.142. The highest BCUT2D eigenvalue weighted by Gasteiger charge is 2.35. The van der Waals surface area contributed by atoms with Crippen LogP contribution in [0.2, 0.25) is 0 Å². The number of rotatable bonds is 4. The summed E-state index contributed by atoms with van der Waals surface area (Å²) in [5, 5.41) is 15.2. The van der Waals surface area contributed by atoms with Crippen molar-refractivity contribution in [1.29, 1.82) is 0 Å². The summed E-state index contributed by atoms with van der Waals surface area (Å²) >= 11 is 1.78. The van der Waals surface area contributed by atoms with E-state index in [2.05, 4.69) is 16.9 Å². The van der Waals surface area contributed by atoms with Gasteiger partial charge in [-0.1, -0.05) is 12.8 Å². The second kappa shape index (κ2) is 7.17. The largest absolute Gasteiger partial charge is 0.481 e. The topological polar surface area (TPSA) is 87.7 Å². The number of hydrogen-bond donors (Lipinski definition) is 3. The van der Waals surface area contributed by atoms with E-state index < -0.39 is 17.9 Å². The summed E-state index contributed by atoms with van der Waals surface area (Å²) in [4.78, 5) is 23.0. The Balaban J connectivity index is 1.84. The van der Waals surface area contributed by atoms with Crippen LogP contribution >= 0.6 is 11.8 Å². The molecular weight excluding hydrogens is 280 g/mol. The van der Waals surface area contributed by atoms with Gasteiger partial charge in [-0.25, -0.2) is 4.79 Å². The average Bonchev–Trinajstić information content (AvgIpc) is 2.87. The van der Waals surface area contributed by atoms with Crippen LogP contribution in [0.1, 0.15) is 25.7 Å². The number of carboxylic acids is 1. The molecule has 7 heteroatoms. The highest BCUT2D eigenvalue weighted by atomic mass is 32.2. The van der Waals surface area contributed by atoms with Crippen molar-refractivity contribution in [2.75, 3.05) is 19.5 Å². The first kappa shape index (κ1) is 15.4. The number of amides is 2. The van der Waals surface area contributed by atoms with Crippen LogP contribution in [0.4, 0.5) is 4.79 Å². The van der Waals surface area contributed by atoms with Gasteiger partial charge < -0.3 is 20.5 Å². The lowest BCUT2D eigenvalue weighted by Gasteiger charge is -2.31. The number of hydrogen-bond acceptors (Lipinski definition) is 4. The second-order valence-corrected chi connectivity index (χ2v) is 6.45. The molecule has 1 aliphatic heterocycles. The number of nitrogens with one attached hydrogen (secondary N) is 2. The van der Waals surface area contributed by atoms with E-state index in [0.29, 0.717) is 5.25 Å². The molecule has 2 aliphatic rings. The Hall–Kier alpha value is -0.950. The third kappa shape index (κ3) is 3.79. The van der Waals surface area contributed by atoms with Gasteiger partial charge in [0.05, 0.1) is 19.3 Å². The Kier molecular flexibility index (Phi) is 5.54. The van der Waals surface area contributed by atoms with Crippen molar-refractivity contribution in [1.82, 2.24) is 10.6 Å². The Bertz CT molecular complexity index is 366. The van der Waals surface area contributed by atoms with E-state index in [1.54, 1.807) is 11.8 Å². The van der Waals surface area contributed by atoms with Crippen molar-refractivity contribution in [3.05, 3.63) is 0 Å². The maximum atomic E-state index is 12.0. The van der Waals surface area contributed by atoms with Gasteiger partial charge in [0.15, 0.2) is 0 Å². The van der Waals surface area contributed by atoms with Gasteiger partial charge in [0.25, 0.3) is 0 Å². The number of urea groups is 1. The second-order valence-electron chi connectivity index (χ2n) is 5.37. The monoisotopic (exact) mass is 302 g/mol. The van der Waals surface area contributed by atoms with E-state index >= 15 is 0 Å². The molecule has 1 saturated heterocycles. The van der Waals surface area contributed by atoms with Gasteiger partial charge in [-0.3, -0.25) is 4.79 Å². The SMILES string of the molecule is CSC1CCCCC1NC(=O)NC1COCC1C(=O)O. The third-order valence-corrected chi connectivity index (χ3v) is 5.21. The van der Waals surface area contributed by atoms with Crippen LogP contribution in [0, 0.1) is 5.92 Å². The molecule has 3 N–H and O–H groups in total. The van der Waals surface area contributed by atoms with Crippen molar-refractivity contribution in [2.45, 2.75) is 43.0 Å². The zero-order valence-corrected chi connectivity index (χ0v) is 12.4. The van der Waals surface area contributed by atoms with E-state index in [-0.39, 0.29) is 25.3 Å². The molecule has 2 rings (SSSR count). The Morgan fingerprint density at radius 1 is 1.15 bits per heavy atom. The Morgan fingerprint density at radius 3 is 2.55 bits per heavy atom. The highest BCUT2D eigenvalue weighted by Crippen LogP contribution is 2.27. The lowest BCUT2D eigenvalue weighted by atomic mass is 9.95. The molecule has 0 radical (unpaired) electrons. The van der Waals surface area contributed by atoms with Gasteiger partial charge >= 0.3 is 12.0 Å². The van der Waals surface area contributed by atoms with Gasteiger partial charge in [0.2, 0.25) is 0 Å². The maximum absolute atomic E-state index is 12.0. The predicted octanol–water partition coefficient (Wildman–Crippen LogP) is 1.06. The highest BCUT2D eigenvalue weighted by molar-refractivity contribution is 7.99. The van der Waals surface area contributed by atoms with E-state index in [0.717, 1.165) is 19.3 Å². The summed E-state index contributed by atoms with van der Waals surface area (Å²) in [7, 11) is 0. The first-order valence-corrected chi connectivity index (χ1v) is 8.31. The van der Waals surface area contributed by atoms with Crippen molar-refractivity contribution in [3.8, 4) is 0 Å². The molecule has 114 valence electrons. The quantitative estimate of drug-likeness (QED) is 0.723. The van der Waals surface area contributed by atoms with Crippen LogP contribution in [0.5, 0.6) is 0 Å². The first-order chi connectivity index (χ1) is 9.61. The van der Waals surface area contributed by atoms with Crippen LogP contribution in [0.15, 0.2) is 0 Å². The standard InChI is InChI=1S/C13H22N2O4S/c1-20-11-5-3-2-4-9(11)14-13(18)15-10-7-19-6-8(10)12(16)17/h8-11H,2-7H2,1H3,(H,16,17)(H2,14,15,18). The van der Waals surface area contributed by atoms with Crippen LogP contribution in [-0.2, 0) is 9.53 Å². The molecule has 4 atom stereocenters. The zero-order valence-electron chi connectivity index (χ0n) is 11.6. The third-order valence-electron chi connectivity index (χ3n) is 4.04. The maximum Gasteiger partial charge on any atom is 0.315 e. The molecule has 0 aromatic rings. The normalized spacial score (nSPS) is 33.6. The number of carboxylic acid groups (broad SMARTS) is 1. The number of thioether (sulfide) groups is 1. The Morgan fingerprint density at radius 2 is 1.85 bits per heavy atom. The first-order valence-electron chi connectivity index (χ1n) is 7.02. The molecule has 1 saturated carbocycles. The molecule has 2 amide bonds. The zero-order chi connectivity index (χ0) is 14.5. The molecule has 1 aliphatic carbocycles. The Labute approximate surface area is 123 Å². The summed E-state index contributed by atoms with van der Waals surface area (Å²) in [5.41, 5.74) is 0. The number of ether oxygens (including phenoxy) is 1. The molecular formula is C13H22N2O4S. The summed E-state index contributed by atoms with van der Waals surface area (Å²) < 4.78 is 5.14. The van der Waals surface area contributed by atoms with Gasteiger partial charge in [-0.2, -0.15) is 11.8 Å². The molecule has 0 bridgehead atoms. The van der Waals surface area contributed by atoms with Crippen LogP contribution in [-0.4, -0.2) is 53.9 Å². The fourth-order valence-corrected chi connectivity index (χ4v) is 3.80. The van der Waals surface area contributed by atoms with E-state index in [9.17, 15) is 9.59 Å². The molecule has 1 heterocycles. The molecule has 4 unspecified atom stereocenters. The van der Waals surface area contributed by atoms with Crippen molar-refractivity contribution in [3.63, 3.8) is 0 Å². The van der Waals surface area contributed by atoms with Gasteiger partial charge in [0, 0.05) is 11.3 Å².